The van der Waals surface area contributed by atoms with Crippen LogP contribution in [0.1, 0.15) is 24.8 Å². The molecule has 4 aromatic rings. The first-order valence-corrected chi connectivity index (χ1v) is 11.2. The van der Waals surface area contributed by atoms with Crippen LogP contribution in [-0.2, 0) is 7.05 Å². The molecule has 6 nitrogen and oxygen atoms in total. The minimum atomic E-state index is -0.532. The lowest BCUT2D eigenvalue weighted by Gasteiger charge is -2.34. The number of aromatic nitrogens is 4. The fourth-order valence-corrected chi connectivity index (χ4v) is 5.38. The minimum Gasteiger partial charge on any atom is -0.385 e. The lowest BCUT2D eigenvalue weighted by atomic mass is 9.90. The maximum atomic E-state index is 10.8. The highest BCUT2D eigenvalue weighted by Crippen LogP contribution is 2.39. The summed E-state index contributed by atoms with van der Waals surface area (Å²) in [5, 5.41) is 11.5. The summed E-state index contributed by atoms with van der Waals surface area (Å²) in [6, 6.07) is 10.00. The predicted octanol–water partition coefficient (Wildman–Crippen LogP) is 4.70. The summed E-state index contributed by atoms with van der Waals surface area (Å²) in [5.74, 6) is 1.92. The van der Waals surface area contributed by atoms with Crippen molar-refractivity contribution in [3.8, 4) is 10.4 Å². The van der Waals surface area contributed by atoms with Crippen LogP contribution in [0, 0.1) is 5.92 Å². The Kier molecular flexibility index (Phi) is 5.18. The fourth-order valence-electron chi connectivity index (χ4n) is 4.12. The minimum absolute atomic E-state index is 0.202. The molecule has 4 heterocycles. The Bertz CT molecular complexity index is 1160. The summed E-state index contributed by atoms with van der Waals surface area (Å²) in [7, 11) is 1.92. The van der Waals surface area contributed by atoms with Crippen LogP contribution in [0.15, 0.2) is 49.1 Å². The van der Waals surface area contributed by atoms with E-state index in [9.17, 15) is 5.11 Å². The number of aliphatic hydroxyl groups excluding tert-OH is 1. The van der Waals surface area contributed by atoms with Gasteiger partial charge in [0.05, 0.1) is 10.2 Å². The number of aryl methyl sites for hydroxylation is 1. The summed E-state index contributed by atoms with van der Waals surface area (Å²) in [6.07, 6.45) is 6.52. The van der Waals surface area contributed by atoms with Crippen molar-refractivity contribution in [3.63, 3.8) is 0 Å². The van der Waals surface area contributed by atoms with E-state index in [-0.39, 0.29) is 5.92 Å². The normalized spacial score (nSPS) is 16.3. The van der Waals surface area contributed by atoms with Gasteiger partial charge < -0.3 is 14.6 Å². The smallest absolute Gasteiger partial charge is 0.150 e. The van der Waals surface area contributed by atoms with Gasteiger partial charge in [-0.05, 0) is 42.5 Å². The fraction of sp³-hybridized carbons (Fsp3) is 0.318. The monoisotopic (exact) mass is 439 g/mol. The van der Waals surface area contributed by atoms with Crippen molar-refractivity contribution in [1.29, 1.82) is 0 Å². The zero-order valence-electron chi connectivity index (χ0n) is 16.6. The molecule has 1 N–H and O–H groups in total. The van der Waals surface area contributed by atoms with Crippen LogP contribution >= 0.6 is 22.9 Å². The molecule has 0 spiro atoms. The van der Waals surface area contributed by atoms with Gasteiger partial charge >= 0.3 is 0 Å². The molecule has 8 heteroatoms. The predicted molar refractivity (Wildman–Crippen MR) is 121 cm³/mol. The number of imidazole rings is 1. The number of rotatable bonds is 4. The van der Waals surface area contributed by atoms with Gasteiger partial charge in [-0.1, -0.05) is 23.7 Å². The molecule has 1 aliphatic rings. The van der Waals surface area contributed by atoms with E-state index in [1.807, 2.05) is 42.1 Å². The topological polar surface area (TPSA) is 67.1 Å². The average molecular weight is 440 g/mol. The molecular formula is C22H22ClN5OS. The van der Waals surface area contributed by atoms with Crippen molar-refractivity contribution in [1.82, 2.24) is 19.5 Å². The third kappa shape index (κ3) is 3.57. The number of benzene rings is 1. The van der Waals surface area contributed by atoms with Gasteiger partial charge in [0, 0.05) is 42.4 Å². The van der Waals surface area contributed by atoms with Crippen molar-refractivity contribution in [2.24, 2.45) is 13.0 Å². The highest BCUT2D eigenvalue weighted by molar-refractivity contribution is 7.22. The van der Waals surface area contributed by atoms with E-state index in [2.05, 4.69) is 25.9 Å². The summed E-state index contributed by atoms with van der Waals surface area (Å²) in [6.45, 7) is 1.71. The summed E-state index contributed by atoms with van der Waals surface area (Å²) >= 11 is 7.74. The highest BCUT2D eigenvalue weighted by atomic mass is 35.5. The molecule has 0 bridgehead atoms. The molecular weight excluding hydrogens is 418 g/mol. The van der Waals surface area contributed by atoms with Crippen LogP contribution in [-0.4, -0.2) is 37.7 Å². The van der Waals surface area contributed by atoms with Crippen LogP contribution in [0.2, 0.25) is 5.02 Å². The van der Waals surface area contributed by atoms with Gasteiger partial charge in [0.2, 0.25) is 0 Å². The second-order valence-electron chi connectivity index (χ2n) is 7.69. The molecule has 1 unspecified atom stereocenters. The van der Waals surface area contributed by atoms with E-state index < -0.39 is 6.10 Å². The third-order valence-electron chi connectivity index (χ3n) is 5.83. The number of hydrogen-bond donors (Lipinski definition) is 1. The van der Waals surface area contributed by atoms with E-state index in [1.165, 1.54) is 0 Å². The molecule has 30 heavy (non-hydrogen) atoms. The van der Waals surface area contributed by atoms with Gasteiger partial charge in [-0.2, -0.15) is 0 Å². The largest absolute Gasteiger partial charge is 0.385 e. The zero-order chi connectivity index (χ0) is 20.7. The van der Waals surface area contributed by atoms with Crippen LogP contribution in [0.4, 0.5) is 5.82 Å². The molecule has 5 rings (SSSR count). The lowest BCUT2D eigenvalue weighted by molar-refractivity contribution is 0.0824. The lowest BCUT2D eigenvalue weighted by Crippen LogP contribution is -2.36. The van der Waals surface area contributed by atoms with Crippen LogP contribution in [0.25, 0.3) is 20.7 Å². The standard InChI is InChI=1S/C22H22ClN5OS/c1-27-11-8-24-21(27)19(29)15-6-9-28(10-7-15)22-20-17(25-13-26-22)12-18(30-20)14-2-4-16(23)5-3-14/h2-5,8,11-13,15,19,29H,6-7,9-10H2,1H3. The second-order valence-corrected chi connectivity index (χ2v) is 9.18. The zero-order valence-corrected chi connectivity index (χ0v) is 18.1. The molecule has 1 saturated heterocycles. The van der Waals surface area contributed by atoms with E-state index in [0.717, 1.165) is 63.3 Å². The summed E-state index contributed by atoms with van der Waals surface area (Å²) < 4.78 is 3.00. The number of fused-ring (bicyclic) bond motifs is 1. The number of halogens is 1. The van der Waals surface area contributed by atoms with Gasteiger partial charge in [0.15, 0.2) is 0 Å². The van der Waals surface area contributed by atoms with Crippen LogP contribution in [0.5, 0.6) is 0 Å². The number of nitrogens with zero attached hydrogens (tertiary/aromatic N) is 5. The van der Waals surface area contributed by atoms with Gasteiger partial charge in [0.25, 0.3) is 0 Å². The molecule has 3 aromatic heterocycles. The maximum absolute atomic E-state index is 10.8. The van der Waals surface area contributed by atoms with Gasteiger partial charge in [-0.15, -0.1) is 11.3 Å². The first-order chi connectivity index (χ1) is 14.6. The van der Waals surface area contributed by atoms with Crippen molar-refractivity contribution in [2.45, 2.75) is 18.9 Å². The first-order valence-electron chi connectivity index (χ1n) is 10.0. The van der Waals surface area contributed by atoms with Gasteiger partial charge in [-0.25, -0.2) is 15.0 Å². The number of aliphatic hydroxyl groups is 1. The van der Waals surface area contributed by atoms with Crippen LogP contribution in [0.3, 0.4) is 0 Å². The average Bonchev–Trinajstić information content (AvgIpc) is 3.40. The number of thiophene rings is 1. The molecule has 0 saturated carbocycles. The van der Waals surface area contributed by atoms with E-state index in [4.69, 9.17) is 11.6 Å². The maximum Gasteiger partial charge on any atom is 0.150 e. The molecule has 0 radical (unpaired) electrons. The van der Waals surface area contributed by atoms with Crippen molar-refractivity contribution >= 4 is 39.0 Å². The van der Waals surface area contributed by atoms with Crippen molar-refractivity contribution in [2.75, 3.05) is 18.0 Å². The molecule has 1 atom stereocenters. The molecule has 154 valence electrons. The number of piperidine rings is 1. The molecule has 0 aliphatic carbocycles. The Morgan fingerprint density at radius 3 is 2.60 bits per heavy atom. The third-order valence-corrected chi connectivity index (χ3v) is 7.25. The van der Waals surface area contributed by atoms with Crippen LogP contribution < -0.4 is 4.90 Å². The Balaban J connectivity index is 1.37. The molecule has 0 amide bonds. The Labute approximate surface area is 183 Å². The quantitative estimate of drug-likeness (QED) is 0.499. The van der Waals surface area contributed by atoms with E-state index in [0.29, 0.717) is 0 Å². The van der Waals surface area contributed by atoms with E-state index in [1.54, 1.807) is 23.9 Å². The van der Waals surface area contributed by atoms with E-state index >= 15 is 0 Å². The number of anilines is 1. The highest BCUT2D eigenvalue weighted by Gasteiger charge is 2.29. The van der Waals surface area contributed by atoms with Gasteiger partial charge in [0.1, 0.15) is 24.1 Å². The first kappa shape index (κ1) is 19.5. The number of hydrogen-bond acceptors (Lipinski definition) is 6. The summed E-state index contributed by atoms with van der Waals surface area (Å²) in [4.78, 5) is 16.9. The van der Waals surface area contributed by atoms with Crippen molar-refractivity contribution < 1.29 is 5.11 Å². The molecule has 1 aromatic carbocycles. The molecule has 1 aliphatic heterocycles. The second kappa shape index (κ2) is 7.98. The summed E-state index contributed by atoms with van der Waals surface area (Å²) in [5.41, 5.74) is 2.09. The Hall–Kier alpha value is -2.48. The van der Waals surface area contributed by atoms with Gasteiger partial charge in [-0.3, -0.25) is 0 Å². The Morgan fingerprint density at radius 1 is 1.13 bits per heavy atom. The Morgan fingerprint density at radius 2 is 1.90 bits per heavy atom. The molecule has 1 fully saturated rings. The SMILES string of the molecule is Cn1ccnc1C(O)C1CCN(c2ncnc3cc(-c4ccc(Cl)cc4)sc23)CC1. The van der Waals surface area contributed by atoms with Crippen molar-refractivity contribution in [3.05, 3.63) is 59.9 Å².